The van der Waals surface area contributed by atoms with Gasteiger partial charge in [0.1, 0.15) is 12.4 Å². The average Bonchev–Trinajstić information content (AvgIpc) is 2.77. The van der Waals surface area contributed by atoms with Crippen LogP contribution in [0.25, 0.3) is 0 Å². The number of carbonyl (C=O) groups is 2. The first-order valence-electron chi connectivity index (χ1n) is 10.2. The Morgan fingerprint density at radius 1 is 0.829 bits per heavy atom. The van der Waals surface area contributed by atoms with E-state index in [1.54, 1.807) is 13.8 Å². The zero-order chi connectivity index (χ0) is 26.2. The molecule has 0 aliphatic carbocycles. The van der Waals surface area contributed by atoms with Crippen LogP contribution in [0.3, 0.4) is 0 Å². The molecule has 0 radical (unpaired) electrons. The fourth-order valence-electron chi connectivity index (χ4n) is 2.69. The molecule has 0 bridgehead atoms. The second-order valence-corrected chi connectivity index (χ2v) is 6.87. The molecule has 1 N–H and O–H groups in total. The van der Waals surface area contributed by atoms with Crippen LogP contribution in [0.5, 0.6) is 5.75 Å². The highest BCUT2D eigenvalue weighted by Gasteiger charge is 2.36. The molecule has 12 heteroatoms. The van der Waals surface area contributed by atoms with Gasteiger partial charge < -0.3 is 19.5 Å². The molecule has 0 aliphatic rings. The molecule has 0 atom stereocenters. The molecule has 2 rings (SSSR count). The molecule has 0 heterocycles. The van der Waals surface area contributed by atoms with Gasteiger partial charge in [-0.15, -0.1) is 0 Å². The Hall–Kier alpha value is -3.70. The molecular formula is C23H21F6NO5. The molecule has 0 aromatic heterocycles. The molecule has 0 spiro atoms. The molecule has 0 amide bonds. The van der Waals surface area contributed by atoms with Gasteiger partial charge in [-0.1, -0.05) is 0 Å². The number of hydrogen-bond donors (Lipinski definition) is 1. The number of halogens is 6. The minimum Gasteiger partial charge on any atom is -0.489 e. The summed E-state index contributed by atoms with van der Waals surface area (Å²) >= 11 is 0. The maximum atomic E-state index is 13.0. The number of ether oxygens (including phenoxy) is 3. The van der Waals surface area contributed by atoms with Gasteiger partial charge in [0, 0.05) is 11.9 Å². The number of benzene rings is 2. The van der Waals surface area contributed by atoms with Gasteiger partial charge in [-0.3, -0.25) is 0 Å². The second kappa shape index (κ2) is 11.6. The van der Waals surface area contributed by atoms with Gasteiger partial charge in [-0.25, -0.2) is 9.59 Å². The van der Waals surface area contributed by atoms with Crippen molar-refractivity contribution >= 4 is 17.6 Å². The van der Waals surface area contributed by atoms with Gasteiger partial charge in [0.2, 0.25) is 0 Å². The number of hydrogen-bond acceptors (Lipinski definition) is 6. The maximum absolute atomic E-state index is 13.0. The summed E-state index contributed by atoms with van der Waals surface area (Å²) in [5.74, 6) is -1.63. The third-order valence-corrected chi connectivity index (χ3v) is 4.28. The van der Waals surface area contributed by atoms with Crippen LogP contribution < -0.4 is 10.1 Å². The summed E-state index contributed by atoms with van der Waals surface area (Å²) in [6.07, 6.45) is -8.82. The highest BCUT2D eigenvalue weighted by atomic mass is 19.4. The molecule has 0 aliphatic heterocycles. The fourth-order valence-corrected chi connectivity index (χ4v) is 2.69. The number of rotatable bonds is 9. The van der Waals surface area contributed by atoms with E-state index in [-0.39, 0.29) is 36.2 Å². The Balaban J connectivity index is 2.13. The summed E-state index contributed by atoms with van der Waals surface area (Å²) in [5.41, 5.74) is -3.17. The third-order valence-electron chi connectivity index (χ3n) is 4.28. The molecule has 0 saturated carbocycles. The van der Waals surface area contributed by atoms with Crippen LogP contribution in [0.1, 0.15) is 30.5 Å². The Kier molecular flexibility index (Phi) is 9.15. The van der Waals surface area contributed by atoms with Gasteiger partial charge in [0.05, 0.1) is 24.3 Å². The lowest BCUT2D eigenvalue weighted by Gasteiger charge is -2.15. The second-order valence-electron chi connectivity index (χ2n) is 6.87. The van der Waals surface area contributed by atoms with E-state index in [1.807, 2.05) is 0 Å². The molecule has 0 unspecified atom stereocenters. The summed E-state index contributed by atoms with van der Waals surface area (Å²) in [6.45, 7) is 2.66. The summed E-state index contributed by atoms with van der Waals surface area (Å²) in [6, 6.07) is 6.90. The van der Waals surface area contributed by atoms with E-state index >= 15 is 0 Å². The van der Waals surface area contributed by atoms with Crippen molar-refractivity contribution in [2.75, 3.05) is 18.5 Å². The number of carbonyl (C=O) groups excluding carboxylic acids is 2. The molecule has 0 fully saturated rings. The van der Waals surface area contributed by atoms with Gasteiger partial charge in [0.25, 0.3) is 0 Å². The van der Waals surface area contributed by atoms with E-state index in [0.29, 0.717) is 17.8 Å². The standard InChI is InChI=1S/C23H21F6NO5/c1-3-33-20(31)19(21(32)34-4-2)12-30-17-5-7-18(8-6-17)35-13-14-9-15(22(24,25)26)11-16(10-14)23(27,28)29/h5-12,30H,3-4,13H2,1-2H3. The highest BCUT2D eigenvalue weighted by Crippen LogP contribution is 2.36. The number of nitrogens with one attached hydrogen (secondary N) is 1. The lowest BCUT2D eigenvalue weighted by molar-refractivity contribution is -0.147. The quantitative estimate of drug-likeness (QED) is 0.154. The van der Waals surface area contributed by atoms with Crippen LogP contribution in [-0.4, -0.2) is 25.2 Å². The first kappa shape index (κ1) is 27.5. The lowest BCUT2D eigenvalue weighted by atomic mass is 10.1. The van der Waals surface area contributed by atoms with Crippen LogP contribution >= 0.6 is 0 Å². The van der Waals surface area contributed by atoms with Crippen LogP contribution in [0.15, 0.2) is 54.2 Å². The van der Waals surface area contributed by atoms with E-state index < -0.39 is 42.0 Å². The normalized spacial score (nSPS) is 11.4. The van der Waals surface area contributed by atoms with Crippen molar-refractivity contribution in [3.63, 3.8) is 0 Å². The van der Waals surface area contributed by atoms with Crippen LogP contribution in [0.4, 0.5) is 32.0 Å². The Bertz CT molecular complexity index is 1010. The lowest BCUT2D eigenvalue weighted by Crippen LogP contribution is -2.19. The largest absolute Gasteiger partial charge is 0.489 e. The smallest absolute Gasteiger partial charge is 0.416 e. The monoisotopic (exact) mass is 505 g/mol. The molecule has 35 heavy (non-hydrogen) atoms. The van der Waals surface area contributed by atoms with Gasteiger partial charge in [0.15, 0.2) is 5.57 Å². The summed E-state index contributed by atoms with van der Waals surface area (Å²) in [7, 11) is 0. The highest BCUT2D eigenvalue weighted by molar-refractivity contribution is 6.14. The first-order chi connectivity index (χ1) is 16.3. The average molecular weight is 505 g/mol. The Morgan fingerprint density at radius 3 is 1.74 bits per heavy atom. The number of anilines is 1. The molecule has 0 saturated heterocycles. The molecular weight excluding hydrogens is 484 g/mol. The summed E-state index contributed by atoms with van der Waals surface area (Å²) in [5, 5.41) is 2.70. The van der Waals surface area contributed by atoms with Crippen molar-refractivity contribution in [1.29, 1.82) is 0 Å². The Labute approximate surface area is 196 Å². The van der Waals surface area contributed by atoms with E-state index in [0.717, 1.165) is 6.20 Å². The van der Waals surface area contributed by atoms with Crippen LogP contribution in [0, 0.1) is 0 Å². The van der Waals surface area contributed by atoms with E-state index in [2.05, 4.69) is 5.32 Å². The van der Waals surface area contributed by atoms with Crippen molar-refractivity contribution in [2.24, 2.45) is 0 Å². The predicted octanol–water partition coefficient (Wildman–Crippen LogP) is 5.73. The van der Waals surface area contributed by atoms with E-state index in [4.69, 9.17) is 14.2 Å². The molecule has 2 aromatic rings. The van der Waals surface area contributed by atoms with Crippen molar-refractivity contribution in [3.8, 4) is 5.75 Å². The summed E-state index contributed by atoms with van der Waals surface area (Å²) < 4.78 is 92.8. The van der Waals surface area contributed by atoms with Crippen molar-refractivity contribution in [2.45, 2.75) is 32.8 Å². The zero-order valence-corrected chi connectivity index (χ0v) is 18.5. The fraction of sp³-hybridized carbons (Fsp3) is 0.304. The number of alkyl halides is 6. The Morgan fingerprint density at radius 2 is 1.31 bits per heavy atom. The van der Waals surface area contributed by atoms with Crippen LogP contribution in [-0.2, 0) is 38.0 Å². The minimum absolute atomic E-state index is 0.0396. The third kappa shape index (κ3) is 8.23. The zero-order valence-electron chi connectivity index (χ0n) is 18.5. The van der Waals surface area contributed by atoms with Gasteiger partial charge in [-0.05, 0) is 61.9 Å². The molecule has 2 aromatic carbocycles. The summed E-state index contributed by atoms with van der Waals surface area (Å²) in [4.78, 5) is 23.9. The van der Waals surface area contributed by atoms with Crippen molar-refractivity contribution in [1.82, 2.24) is 0 Å². The topological polar surface area (TPSA) is 73.9 Å². The van der Waals surface area contributed by atoms with Gasteiger partial charge >= 0.3 is 24.3 Å². The van der Waals surface area contributed by atoms with E-state index in [1.165, 1.54) is 24.3 Å². The van der Waals surface area contributed by atoms with E-state index in [9.17, 15) is 35.9 Å². The number of esters is 2. The maximum Gasteiger partial charge on any atom is 0.416 e. The van der Waals surface area contributed by atoms with Crippen LogP contribution in [0.2, 0.25) is 0 Å². The first-order valence-corrected chi connectivity index (χ1v) is 10.2. The van der Waals surface area contributed by atoms with Crippen molar-refractivity contribution < 1.29 is 50.1 Å². The predicted molar refractivity (Wildman–Crippen MR) is 112 cm³/mol. The SMILES string of the molecule is CCOC(=O)C(=CNc1ccc(OCc2cc(C(F)(F)F)cc(C(F)(F)F)c2)cc1)C(=O)OCC. The molecule has 6 nitrogen and oxygen atoms in total. The molecule has 190 valence electrons. The van der Waals surface area contributed by atoms with Gasteiger partial charge in [-0.2, -0.15) is 26.3 Å². The minimum atomic E-state index is -4.96. The van der Waals surface area contributed by atoms with Crippen molar-refractivity contribution in [3.05, 3.63) is 70.9 Å².